The summed E-state index contributed by atoms with van der Waals surface area (Å²) < 4.78 is 2.11. The third-order valence-corrected chi connectivity index (χ3v) is 4.67. The summed E-state index contributed by atoms with van der Waals surface area (Å²) in [6, 6.07) is 6.34. The van der Waals surface area contributed by atoms with Gasteiger partial charge in [-0.15, -0.1) is 0 Å². The number of aromatic amines is 1. The van der Waals surface area contributed by atoms with Crippen molar-refractivity contribution < 1.29 is 0 Å². The number of imidazole rings is 1. The Morgan fingerprint density at radius 3 is 2.74 bits per heavy atom. The molecule has 0 spiro atoms. The molecule has 0 bridgehead atoms. The number of unbranched alkanes of at least 4 members (excludes halogenated alkanes) is 1. The minimum Gasteiger partial charge on any atom is -0.358 e. The van der Waals surface area contributed by atoms with Crippen LogP contribution in [0.15, 0.2) is 24.4 Å². The summed E-state index contributed by atoms with van der Waals surface area (Å²) in [5.41, 5.74) is 4.30. The van der Waals surface area contributed by atoms with Gasteiger partial charge in [0.25, 0.3) is 0 Å². The number of nitrogens with one attached hydrogen (secondary N) is 1. The summed E-state index contributed by atoms with van der Waals surface area (Å²) in [6.45, 7) is 6.57. The van der Waals surface area contributed by atoms with Crippen LogP contribution >= 0.6 is 11.6 Å². The normalized spacial score (nSPS) is 11.7. The second kappa shape index (κ2) is 6.40. The molecule has 1 aromatic carbocycles. The standard InChI is InChI=1S/C19H24ClN3/c1-5-6-7-19-22-18(11-23(19)4)14-10-17-13(8-15(14)20)9-16(21-17)12(2)3/h8-12,21H,5-7H2,1-4H3. The molecule has 0 fully saturated rings. The fourth-order valence-electron chi connectivity index (χ4n) is 2.88. The molecule has 122 valence electrons. The molecule has 4 heteroatoms. The Labute approximate surface area is 142 Å². The van der Waals surface area contributed by atoms with Crippen LogP contribution in [0.2, 0.25) is 5.02 Å². The topological polar surface area (TPSA) is 33.6 Å². The predicted octanol–water partition coefficient (Wildman–Crippen LogP) is 5.69. The SMILES string of the molecule is CCCCc1nc(-c2cc3[nH]c(C(C)C)cc3cc2Cl)cn1C. The van der Waals surface area contributed by atoms with Gasteiger partial charge >= 0.3 is 0 Å². The van der Waals surface area contributed by atoms with Crippen LogP contribution in [0.5, 0.6) is 0 Å². The number of nitrogens with zero attached hydrogens (tertiary/aromatic N) is 2. The quantitative estimate of drug-likeness (QED) is 0.641. The van der Waals surface area contributed by atoms with Gasteiger partial charge in [0.1, 0.15) is 5.82 Å². The molecular formula is C19H24ClN3. The molecule has 0 saturated heterocycles. The highest BCUT2D eigenvalue weighted by Gasteiger charge is 2.13. The molecule has 2 heterocycles. The highest BCUT2D eigenvalue weighted by Crippen LogP contribution is 2.33. The van der Waals surface area contributed by atoms with E-state index in [1.54, 1.807) is 0 Å². The summed E-state index contributed by atoms with van der Waals surface area (Å²) in [4.78, 5) is 8.29. The van der Waals surface area contributed by atoms with Crippen molar-refractivity contribution in [2.45, 2.75) is 46.0 Å². The van der Waals surface area contributed by atoms with E-state index in [-0.39, 0.29) is 0 Å². The molecule has 0 amide bonds. The van der Waals surface area contributed by atoms with Crippen LogP contribution in [0, 0.1) is 0 Å². The molecule has 3 nitrogen and oxygen atoms in total. The fourth-order valence-corrected chi connectivity index (χ4v) is 3.15. The number of H-pyrrole nitrogens is 1. The maximum absolute atomic E-state index is 6.53. The summed E-state index contributed by atoms with van der Waals surface area (Å²) >= 11 is 6.53. The van der Waals surface area contributed by atoms with Crippen molar-refractivity contribution in [3.05, 3.63) is 40.9 Å². The molecule has 3 rings (SSSR count). The van der Waals surface area contributed by atoms with E-state index in [0.29, 0.717) is 5.92 Å². The van der Waals surface area contributed by atoms with Crippen molar-refractivity contribution in [2.75, 3.05) is 0 Å². The molecule has 0 saturated carbocycles. The number of benzene rings is 1. The number of hydrogen-bond donors (Lipinski definition) is 1. The molecule has 3 aromatic rings. The van der Waals surface area contributed by atoms with Gasteiger partial charge in [0, 0.05) is 41.8 Å². The maximum Gasteiger partial charge on any atom is 0.109 e. The summed E-state index contributed by atoms with van der Waals surface area (Å²) in [6.07, 6.45) is 5.41. The number of rotatable bonds is 5. The van der Waals surface area contributed by atoms with Crippen molar-refractivity contribution in [2.24, 2.45) is 7.05 Å². The van der Waals surface area contributed by atoms with E-state index < -0.39 is 0 Å². The van der Waals surface area contributed by atoms with Crippen LogP contribution < -0.4 is 0 Å². The van der Waals surface area contributed by atoms with Crippen LogP contribution in [0.1, 0.15) is 51.0 Å². The van der Waals surface area contributed by atoms with E-state index in [0.717, 1.165) is 45.8 Å². The third-order valence-electron chi connectivity index (χ3n) is 4.35. The average molecular weight is 330 g/mol. The van der Waals surface area contributed by atoms with Gasteiger partial charge in [0.05, 0.1) is 10.7 Å². The second-order valence-corrected chi connectivity index (χ2v) is 6.96. The number of aryl methyl sites for hydroxylation is 2. The minimum absolute atomic E-state index is 0.472. The molecule has 23 heavy (non-hydrogen) atoms. The van der Waals surface area contributed by atoms with Crippen LogP contribution in [0.4, 0.5) is 0 Å². The first-order valence-electron chi connectivity index (χ1n) is 8.34. The molecule has 2 aromatic heterocycles. The Balaban J connectivity index is 2.03. The lowest BCUT2D eigenvalue weighted by Crippen LogP contribution is -1.96. The predicted molar refractivity (Wildman–Crippen MR) is 98.2 cm³/mol. The van der Waals surface area contributed by atoms with Crippen molar-refractivity contribution in [3.63, 3.8) is 0 Å². The molecule has 0 aliphatic carbocycles. The van der Waals surface area contributed by atoms with Crippen LogP contribution in [0.3, 0.4) is 0 Å². The van der Waals surface area contributed by atoms with Gasteiger partial charge in [0.15, 0.2) is 0 Å². The van der Waals surface area contributed by atoms with Gasteiger partial charge < -0.3 is 9.55 Å². The van der Waals surface area contributed by atoms with Gasteiger partial charge in [-0.05, 0) is 30.5 Å². The maximum atomic E-state index is 6.53. The molecule has 0 radical (unpaired) electrons. The number of hydrogen-bond acceptors (Lipinski definition) is 1. The zero-order valence-corrected chi connectivity index (χ0v) is 15.0. The summed E-state index contributed by atoms with van der Waals surface area (Å²) in [5.74, 6) is 1.59. The van der Waals surface area contributed by atoms with Gasteiger partial charge in [-0.1, -0.05) is 38.8 Å². The first-order valence-corrected chi connectivity index (χ1v) is 8.72. The minimum atomic E-state index is 0.472. The van der Waals surface area contributed by atoms with Crippen LogP contribution in [0.25, 0.3) is 22.2 Å². The molecular weight excluding hydrogens is 306 g/mol. The van der Waals surface area contributed by atoms with Crippen LogP contribution in [-0.2, 0) is 13.5 Å². The highest BCUT2D eigenvalue weighted by molar-refractivity contribution is 6.34. The molecule has 1 N–H and O–H groups in total. The lowest BCUT2D eigenvalue weighted by Gasteiger charge is -2.01. The zero-order chi connectivity index (χ0) is 16.6. The first kappa shape index (κ1) is 16.1. The van der Waals surface area contributed by atoms with E-state index in [1.165, 1.54) is 12.1 Å². The first-order chi connectivity index (χ1) is 11.0. The van der Waals surface area contributed by atoms with E-state index in [2.05, 4.69) is 55.7 Å². The van der Waals surface area contributed by atoms with Gasteiger partial charge in [-0.3, -0.25) is 0 Å². The number of halogens is 1. The number of fused-ring (bicyclic) bond motifs is 1. The monoisotopic (exact) mass is 329 g/mol. The van der Waals surface area contributed by atoms with Crippen molar-refractivity contribution in [3.8, 4) is 11.3 Å². The van der Waals surface area contributed by atoms with Crippen molar-refractivity contribution >= 4 is 22.5 Å². The Bertz CT molecular complexity index is 827. The van der Waals surface area contributed by atoms with E-state index in [1.807, 2.05) is 6.07 Å². The highest BCUT2D eigenvalue weighted by atomic mass is 35.5. The zero-order valence-electron chi connectivity index (χ0n) is 14.3. The Hall–Kier alpha value is -1.74. The summed E-state index contributed by atoms with van der Waals surface area (Å²) in [7, 11) is 2.05. The lowest BCUT2D eigenvalue weighted by atomic mass is 10.1. The average Bonchev–Trinajstić information content (AvgIpc) is 3.07. The third kappa shape index (κ3) is 3.16. The molecule has 0 atom stereocenters. The molecule has 0 unspecified atom stereocenters. The van der Waals surface area contributed by atoms with Gasteiger partial charge in [-0.2, -0.15) is 0 Å². The molecule has 0 aliphatic heterocycles. The smallest absolute Gasteiger partial charge is 0.109 e. The van der Waals surface area contributed by atoms with Gasteiger partial charge in [0.2, 0.25) is 0 Å². The Morgan fingerprint density at radius 2 is 2.04 bits per heavy atom. The van der Waals surface area contributed by atoms with E-state index in [9.17, 15) is 0 Å². The fraction of sp³-hybridized carbons (Fsp3) is 0.421. The van der Waals surface area contributed by atoms with Gasteiger partial charge in [-0.25, -0.2) is 4.98 Å². The lowest BCUT2D eigenvalue weighted by molar-refractivity contribution is 0.712. The summed E-state index contributed by atoms with van der Waals surface area (Å²) in [5, 5.41) is 1.91. The Kier molecular flexibility index (Phi) is 4.49. The van der Waals surface area contributed by atoms with E-state index in [4.69, 9.17) is 16.6 Å². The second-order valence-electron chi connectivity index (χ2n) is 6.56. The van der Waals surface area contributed by atoms with E-state index >= 15 is 0 Å². The number of aromatic nitrogens is 3. The van der Waals surface area contributed by atoms with Crippen molar-refractivity contribution in [1.29, 1.82) is 0 Å². The largest absolute Gasteiger partial charge is 0.358 e. The Morgan fingerprint density at radius 1 is 1.26 bits per heavy atom. The molecule has 0 aliphatic rings. The van der Waals surface area contributed by atoms with Crippen LogP contribution in [-0.4, -0.2) is 14.5 Å². The van der Waals surface area contributed by atoms with Crippen molar-refractivity contribution in [1.82, 2.24) is 14.5 Å².